The second-order valence-electron chi connectivity index (χ2n) is 7.15. The molecule has 2 aromatic carbocycles. The highest BCUT2D eigenvalue weighted by molar-refractivity contribution is 14.1. The highest BCUT2D eigenvalue weighted by atomic mass is 127. The maximum Gasteiger partial charge on any atom is 0.407 e. The van der Waals surface area contributed by atoms with Crippen molar-refractivity contribution in [2.75, 3.05) is 6.54 Å². The van der Waals surface area contributed by atoms with Gasteiger partial charge in [0.05, 0.1) is 0 Å². The molecule has 0 spiro atoms. The summed E-state index contributed by atoms with van der Waals surface area (Å²) < 4.78 is 6.23. The molecule has 0 aromatic heterocycles. The van der Waals surface area contributed by atoms with Crippen molar-refractivity contribution in [3.63, 3.8) is 0 Å². The number of hydrogen-bond acceptors (Lipinski definition) is 4. The van der Waals surface area contributed by atoms with Gasteiger partial charge in [0.15, 0.2) is 0 Å². The van der Waals surface area contributed by atoms with Crippen molar-refractivity contribution in [1.29, 1.82) is 0 Å². The zero-order chi connectivity index (χ0) is 22.5. The number of carbonyl (C=O) groups is 3. The van der Waals surface area contributed by atoms with Gasteiger partial charge in [-0.3, -0.25) is 9.59 Å². The van der Waals surface area contributed by atoms with E-state index in [1.165, 1.54) is 0 Å². The summed E-state index contributed by atoms with van der Waals surface area (Å²) in [5.74, 6) is -0.755. The quantitative estimate of drug-likeness (QED) is 0.285. The molecule has 0 aliphatic heterocycles. The first-order chi connectivity index (χ1) is 14.9. The average molecular weight is 537 g/mol. The molecule has 3 amide bonds. The van der Waals surface area contributed by atoms with Crippen LogP contribution in [0.5, 0.6) is 0 Å². The number of nitrogens with one attached hydrogen (secondary N) is 2. The van der Waals surface area contributed by atoms with Crippen LogP contribution >= 0.6 is 22.6 Å². The van der Waals surface area contributed by atoms with Gasteiger partial charge >= 0.3 is 6.09 Å². The van der Waals surface area contributed by atoms with Crippen molar-refractivity contribution in [3.05, 3.63) is 69.3 Å². The lowest BCUT2D eigenvalue weighted by molar-refractivity contribution is -0.127. The predicted molar refractivity (Wildman–Crippen MR) is 127 cm³/mol. The number of carbonyl (C=O) groups excluding carboxylic acids is 3. The number of nitrogens with two attached hydrogens (primary N) is 1. The van der Waals surface area contributed by atoms with Crippen molar-refractivity contribution < 1.29 is 19.1 Å². The molecule has 2 aromatic rings. The molecule has 0 saturated heterocycles. The zero-order valence-electron chi connectivity index (χ0n) is 17.3. The summed E-state index contributed by atoms with van der Waals surface area (Å²) >= 11 is 2.21. The topological polar surface area (TPSA) is 111 Å². The minimum absolute atomic E-state index is 0.204. The molecule has 0 heterocycles. The number of amides is 3. The van der Waals surface area contributed by atoms with Gasteiger partial charge in [0.25, 0.3) is 0 Å². The molecule has 7 nitrogen and oxygen atoms in total. The number of rotatable bonds is 12. The number of unbranched alkanes of at least 4 members (excludes halogenated alkanes) is 2. The van der Waals surface area contributed by atoms with Crippen LogP contribution in [0, 0.1) is 3.57 Å². The summed E-state index contributed by atoms with van der Waals surface area (Å²) in [6.07, 6.45) is 2.37. The summed E-state index contributed by atoms with van der Waals surface area (Å²) in [7, 11) is 0. The summed E-state index contributed by atoms with van der Waals surface area (Å²) in [4.78, 5) is 35.5. The van der Waals surface area contributed by atoms with E-state index in [1.807, 2.05) is 54.6 Å². The highest BCUT2D eigenvalue weighted by Crippen LogP contribution is 2.09. The van der Waals surface area contributed by atoms with E-state index in [-0.39, 0.29) is 12.5 Å². The molecule has 0 bridgehead atoms. The molecule has 4 N–H and O–H groups in total. The van der Waals surface area contributed by atoms with Gasteiger partial charge in [0, 0.05) is 23.0 Å². The van der Waals surface area contributed by atoms with E-state index in [1.54, 1.807) is 0 Å². The Morgan fingerprint density at radius 2 is 1.65 bits per heavy atom. The largest absolute Gasteiger partial charge is 0.445 e. The molecule has 0 aliphatic rings. The van der Waals surface area contributed by atoms with Crippen molar-refractivity contribution in [2.45, 2.75) is 44.8 Å². The Labute approximate surface area is 196 Å². The average Bonchev–Trinajstić information content (AvgIpc) is 2.76. The molecule has 0 unspecified atom stereocenters. The first-order valence-electron chi connectivity index (χ1n) is 10.2. The van der Waals surface area contributed by atoms with Crippen LogP contribution in [0.25, 0.3) is 0 Å². The predicted octanol–water partition coefficient (Wildman–Crippen LogP) is 3.29. The molecule has 2 rings (SSSR count). The second kappa shape index (κ2) is 13.6. The van der Waals surface area contributed by atoms with Crippen LogP contribution in [0.2, 0.25) is 0 Å². The van der Waals surface area contributed by atoms with E-state index in [0.717, 1.165) is 27.5 Å². The van der Waals surface area contributed by atoms with Crippen LogP contribution < -0.4 is 16.4 Å². The van der Waals surface area contributed by atoms with E-state index in [9.17, 15) is 14.4 Å². The van der Waals surface area contributed by atoms with Gasteiger partial charge in [-0.2, -0.15) is 0 Å². The molecular formula is C23H28IN3O4. The molecule has 8 heteroatoms. The summed E-state index contributed by atoms with van der Waals surface area (Å²) in [6.45, 7) is 0.710. The van der Waals surface area contributed by atoms with E-state index in [2.05, 4.69) is 33.2 Å². The summed E-state index contributed by atoms with van der Waals surface area (Å²) in [5, 5.41) is 5.41. The van der Waals surface area contributed by atoms with Gasteiger partial charge in [-0.05, 0) is 58.7 Å². The number of hydrogen-bond donors (Lipinski definition) is 3. The van der Waals surface area contributed by atoms with Crippen molar-refractivity contribution in [3.8, 4) is 0 Å². The van der Waals surface area contributed by atoms with Crippen LogP contribution in [0.1, 0.15) is 36.8 Å². The molecule has 0 fully saturated rings. The second-order valence-corrected chi connectivity index (χ2v) is 8.40. The van der Waals surface area contributed by atoms with E-state index >= 15 is 0 Å². The smallest absolute Gasteiger partial charge is 0.407 e. The molecule has 31 heavy (non-hydrogen) atoms. The van der Waals surface area contributed by atoms with Crippen LogP contribution in [0.4, 0.5) is 4.79 Å². The number of alkyl carbamates (subject to hydrolysis) is 1. The van der Waals surface area contributed by atoms with Crippen molar-refractivity contribution in [2.24, 2.45) is 5.73 Å². The Kier molecular flexibility index (Phi) is 10.8. The van der Waals surface area contributed by atoms with Gasteiger partial charge in [-0.15, -0.1) is 0 Å². The monoisotopic (exact) mass is 537 g/mol. The number of primary amides is 1. The Balaban J connectivity index is 1.57. The number of halogens is 1. The van der Waals surface area contributed by atoms with Gasteiger partial charge in [-0.25, -0.2) is 4.79 Å². The summed E-state index contributed by atoms with van der Waals surface area (Å²) in [6, 6.07) is 16.5. The summed E-state index contributed by atoms with van der Waals surface area (Å²) in [5.41, 5.74) is 7.31. The molecular weight excluding hydrogens is 509 g/mol. The van der Waals surface area contributed by atoms with Crippen LogP contribution in [0.3, 0.4) is 0 Å². The maximum absolute atomic E-state index is 12.2. The standard InChI is InChI=1S/C23H28IN3O4/c24-19-12-10-17(11-13-19)15-20(22(25)29)27-21(28)9-5-2-6-14-26-23(30)31-16-18-7-3-1-4-8-18/h1,3-4,7-8,10-13,20H,2,5-6,9,14-16H2,(H2,25,29)(H,26,30)(H,27,28)/t20-/m1/s1. The maximum atomic E-state index is 12.2. The molecule has 1 atom stereocenters. The highest BCUT2D eigenvalue weighted by Gasteiger charge is 2.18. The lowest BCUT2D eigenvalue weighted by atomic mass is 10.1. The fourth-order valence-electron chi connectivity index (χ4n) is 2.90. The Bertz CT molecular complexity index is 844. The fourth-order valence-corrected chi connectivity index (χ4v) is 3.26. The number of benzene rings is 2. The van der Waals surface area contributed by atoms with Crippen LogP contribution in [-0.4, -0.2) is 30.5 Å². The van der Waals surface area contributed by atoms with Gasteiger partial charge in [0.1, 0.15) is 12.6 Å². The van der Waals surface area contributed by atoms with E-state index in [4.69, 9.17) is 10.5 Å². The fraction of sp³-hybridized carbons (Fsp3) is 0.348. The molecule has 0 saturated carbocycles. The van der Waals surface area contributed by atoms with Gasteiger partial charge in [0.2, 0.25) is 11.8 Å². The number of ether oxygens (including phenoxy) is 1. The van der Waals surface area contributed by atoms with Gasteiger partial charge in [-0.1, -0.05) is 48.9 Å². The first kappa shape index (κ1) is 24.6. The molecule has 0 aliphatic carbocycles. The lowest BCUT2D eigenvalue weighted by Crippen LogP contribution is -2.45. The third-order valence-corrected chi connectivity index (χ3v) is 5.31. The zero-order valence-corrected chi connectivity index (χ0v) is 19.5. The third-order valence-electron chi connectivity index (χ3n) is 4.59. The minimum Gasteiger partial charge on any atom is -0.445 e. The van der Waals surface area contributed by atoms with Crippen LogP contribution in [0.15, 0.2) is 54.6 Å². The van der Waals surface area contributed by atoms with Crippen molar-refractivity contribution >= 4 is 40.5 Å². The lowest BCUT2D eigenvalue weighted by Gasteiger charge is -2.15. The van der Waals surface area contributed by atoms with Gasteiger partial charge < -0.3 is 21.1 Å². The minimum atomic E-state index is -0.728. The van der Waals surface area contributed by atoms with Crippen LogP contribution in [-0.2, 0) is 27.4 Å². The first-order valence-corrected chi connectivity index (χ1v) is 11.3. The third kappa shape index (κ3) is 10.3. The normalized spacial score (nSPS) is 11.4. The molecule has 0 radical (unpaired) electrons. The Morgan fingerprint density at radius 3 is 2.32 bits per heavy atom. The Hall–Kier alpha value is -2.62. The van der Waals surface area contributed by atoms with Crippen molar-refractivity contribution in [1.82, 2.24) is 10.6 Å². The van der Waals surface area contributed by atoms with E-state index < -0.39 is 18.0 Å². The Morgan fingerprint density at radius 1 is 0.935 bits per heavy atom. The van der Waals surface area contributed by atoms with E-state index in [0.29, 0.717) is 25.8 Å². The SMILES string of the molecule is NC(=O)[C@@H](Cc1ccc(I)cc1)NC(=O)CCCCCNC(=O)OCc1ccccc1. The molecule has 166 valence electrons.